The molecule has 42 heavy (non-hydrogen) atoms. The Morgan fingerprint density at radius 3 is 2.29 bits per heavy atom. The van der Waals surface area contributed by atoms with Gasteiger partial charge in [-0.25, -0.2) is 8.42 Å². The monoisotopic (exact) mass is 618 g/mol. The molecule has 0 radical (unpaired) electrons. The first-order chi connectivity index (χ1) is 19.9. The molecule has 5 unspecified atom stereocenters. The fraction of sp³-hybridized carbons (Fsp3) is 0.469. The molecule has 10 heteroatoms. The highest BCUT2D eigenvalue weighted by Crippen LogP contribution is 2.66. The molecule has 0 amide bonds. The Hall–Kier alpha value is -2.56. The molecule has 4 saturated carbocycles. The van der Waals surface area contributed by atoms with Crippen molar-refractivity contribution in [2.24, 2.45) is 23.2 Å². The summed E-state index contributed by atoms with van der Waals surface area (Å²) in [7, 11) is -5.50. The molecule has 5 nitrogen and oxygen atoms in total. The minimum Gasteiger partial charge on any atom is -0.748 e. The Bertz CT molecular complexity index is 1470. The molecule has 5 aliphatic carbocycles. The molecular weight excluding hydrogens is 585 g/mol. The zero-order valence-corrected chi connectivity index (χ0v) is 24.5. The second kappa shape index (κ2) is 11.2. The number of hydrogen-bond donors (Lipinski definition) is 0. The van der Waals surface area contributed by atoms with E-state index in [2.05, 4.69) is 66.8 Å². The molecule has 4 bridgehead atoms. The summed E-state index contributed by atoms with van der Waals surface area (Å²) < 4.78 is 79.1. The largest absolute Gasteiger partial charge is 0.748 e. The van der Waals surface area contributed by atoms with Crippen molar-refractivity contribution in [3.05, 3.63) is 84.5 Å². The van der Waals surface area contributed by atoms with Crippen molar-refractivity contribution in [2.75, 3.05) is 5.75 Å². The number of halogens is 3. The third-order valence-corrected chi connectivity index (χ3v) is 12.7. The number of allylic oxidation sites excluding steroid dienone is 3. The molecule has 2 aromatic rings. The van der Waals surface area contributed by atoms with Crippen LogP contribution in [0.5, 0.6) is 0 Å². The van der Waals surface area contributed by atoms with Crippen molar-refractivity contribution in [2.45, 2.75) is 71.8 Å². The van der Waals surface area contributed by atoms with Crippen LogP contribution in [0, 0.1) is 23.2 Å². The first-order valence-corrected chi connectivity index (χ1v) is 17.2. The minimum atomic E-state index is -5.25. The number of rotatable bonds is 8. The Balaban J connectivity index is 1.31. The number of benzene rings is 2. The Morgan fingerprint density at radius 2 is 1.67 bits per heavy atom. The van der Waals surface area contributed by atoms with E-state index in [1.807, 2.05) is 12.1 Å². The predicted octanol–water partition coefficient (Wildman–Crippen LogP) is 6.54. The quantitative estimate of drug-likeness (QED) is 0.191. The van der Waals surface area contributed by atoms with E-state index in [0.29, 0.717) is 24.5 Å². The topological polar surface area (TPSA) is 83.5 Å². The van der Waals surface area contributed by atoms with E-state index in [9.17, 15) is 30.9 Å². The van der Waals surface area contributed by atoms with Crippen LogP contribution in [-0.4, -0.2) is 42.2 Å². The second-order valence-corrected chi connectivity index (χ2v) is 15.9. The van der Waals surface area contributed by atoms with Crippen molar-refractivity contribution >= 4 is 27.0 Å². The van der Waals surface area contributed by atoms with Gasteiger partial charge >= 0.3 is 12.1 Å². The molecule has 0 N–H and O–H groups in total. The smallest absolute Gasteiger partial charge is 0.426 e. The van der Waals surface area contributed by atoms with E-state index >= 15 is 0 Å². The van der Waals surface area contributed by atoms with E-state index in [4.69, 9.17) is 4.74 Å². The van der Waals surface area contributed by atoms with Crippen molar-refractivity contribution in [3.8, 4) is 0 Å². The van der Waals surface area contributed by atoms with Gasteiger partial charge in [-0.3, -0.25) is 4.79 Å². The van der Waals surface area contributed by atoms with Gasteiger partial charge in [0.15, 0.2) is 15.0 Å². The van der Waals surface area contributed by atoms with Gasteiger partial charge in [0.1, 0.15) is 0 Å². The highest BCUT2D eigenvalue weighted by Gasteiger charge is 2.61. The lowest BCUT2D eigenvalue weighted by Gasteiger charge is -2.59. The maximum atomic E-state index is 13.6. The van der Waals surface area contributed by atoms with Gasteiger partial charge in [-0.1, -0.05) is 54.6 Å². The number of alkyl halides is 3. The molecule has 224 valence electrons. The molecule has 0 heterocycles. The maximum absolute atomic E-state index is 13.6. The van der Waals surface area contributed by atoms with E-state index in [1.54, 1.807) is 0 Å². The SMILES string of the molecule is O=C(OC(CS(=O)(=O)[O-])C(F)(F)F)C12CC3CC(C1)C(c1ccccc1[S+](c1ccccc1)C1C=CC=CC1)C(C3)C2. The van der Waals surface area contributed by atoms with Gasteiger partial charge in [-0.2, -0.15) is 13.2 Å². The summed E-state index contributed by atoms with van der Waals surface area (Å²) in [6.45, 7) is 0. The van der Waals surface area contributed by atoms with Crippen LogP contribution in [0.4, 0.5) is 13.2 Å². The van der Waals surface area contributed by atoms with Crippen molar-refractivity contribution in [1.82, 2.24) is 0 Å². The second-order valence-electron chi connectivity index (χ2n) is 12.2. The highest BCUT2D eigenvalue weighted by molar-refractivity contribution is 7.97. The average molecular weight is 619 g/mol. The van der Waals surface area contributed by atoms with Crippen LogP contribution >= 0.6 is 0 Å². The fourth-order valence-electron chi connectivity index (χ4n) is 8.14. The van der Waals surface area contributed by atoms with Crippen molar-refractivity contribution < 1.29 is 35.7 Å². The first kappa shape index (κ1) is 29.5. The van der Waals surface area contributed by atoms with E-state index < -0.39 is 39.5 Å². The molecule has 0 aromatic heterocycles. The van der Waals surface area contributed by atoms with Crippen LogP contribution in [0.3, 0.4) is 0 Å². The van der Waals surface area contributed by atoms with E-state index in [-0.39, 0.29) is 34.6 Å². The molecule has 4 fully saturated rings. The zero-order valence-electron chi connectivity index (χ0n) is 22.9. The normalized spacial score (nSPS) is 31.6. The number of esters is 1. The summed E-state index contributed by atoms with van der Waals surface area (Å²) in [6.07, 6.45) is 4.50. The lowest BCUT2D eigenvalue weighted by molar-refractivity contribution is -0.227. The van der Waals surface area contributed by atoms with E-state index in [1.165, 1.54) is 15.4 Å². The molecule has 0 saturated heterocycles. The predicted molar refractivity (Wildman–Crippen MR) is 153 cm³/mol. The van der Waals surface area contributed by atoms with Gasteiger partial charge < -0.3 is 9.29 Å². The summed E-state index contributed by atoms with van der Waals surface area (Å²) in [5.74, 6) is -2.26. The lowest BCUT2D eigenvalue weighted by atomic mass is 9.45. The number of ether oxygens (including phenoxy) is 1. The van der Waals surface area contributed by atoms with Gasteiger partial charge in [0.05, 0.1) is 32.2 Å². The molecule has 5 atom stereocenters. The summed E-state index contributed by atoms with van der Waals surface area (Å²) >= 11 is 0. The standard InChI is InChI=1S/C32H33F3O5S2/c33-32(34,35)28(20-42(37,38)39)40-30(36)31-17-21-15-22(18-31)29(23(16-21)19-31)26-13-7-8-14-27(26)41(24-9-3-1-4-10-24)25-11-5-2-6-12-25/h1-11,13-14,21-23,25,28-29H,12,15-20H2. The zero-order chi connectivity index (χ0) is 29.7. The molecule has 5 aliphatic rings. The van der Waals surface area contributed by atoms with Crippen molar-refractivity contribution in [3.63, 3.8) is 0 Å². The van der Waals surface area contributed by atoms with Gasteiger partial charge in [0.2, 0.25) is 6.10 Å². The average Bonchev–Trinajstić information content (AvgIpc) is 2.93. The van der Waals surface area contributed by atoms with Crippen LogP contribution in [0.25, 0.3) is 0 Å². The Kier molecular flexibility index (Phi) is 7.85. The van der Waals surface area contributed by atoms with Crippen LogP contribution in [0.2, 0.25) is 0 Å². The van der Waals surface area contributed by atoms with Gasteiger partial charge in [-0.15, -0.1) is 0 Å². The third kappa shape index (κ3) is 5.82. The molecule has 7 rings (SSSR count). The fourth-order valence-corrected chi connectivity index (χ4v) is 11.4. The number of carbonyl (C=O) groups is 1. The Morgan fingerprint density at radius 1 is 1.00 bits per heavy atom. The highest BCUT2D eigenvalue weighted by atomic mass is 32.2. The Labute approximate surface area is 247 Å². The number of carbonyl (C=O) groups excluding carboxylic acids is 1. The summed E-state index contributed by atoms with van der Waals surface area (Å²) in [6, 6.07) is 19.0. The molecule has 0 aliphatic heterocycles. The first-order valence-electron chi connectivity index (χ1n) is 14.4. The van der Waals surface area contributed by atoms with Gasteiger partial charge in [0, 0.05) is 12.0 Å². The molecular formula is C32H33F3O5S2. The lowest BCUT2D eigenvalue weighted by Crippen LogP contribution is -2.55. The maximum Gasteiger partial charge on any atom is 0.426 e. The third-order valence-electron chi connectivity index (χ3n) is 9.43. The minimum absolute atomic E-state index is 0.0977. The van der Waals surface area contributed by atoms with E-state index in [0.717, 1.165) is 19.3 Å². The van der Waals surface area contributed by atoms with Crippen LogP contribution in [-0.2, 0) is 30.5 Å². The van der Waals surface area contributed by atoms with Crippen molar-refractivity contribution in [1.29, 1.82) is 0 Å². The van der Waals surface area contributed by atoms with Gasteiger partial charge in [0.25, 0.3) is 0 Å². The molecule has 2 aromatic carbocycles. The summed E-state index contributed by atoms with van der Waals surface area (Å²) in [5.41, 5.74) is 0.173. The number of hydrogen-bond acceptors (Lipinski definition) is 5. The van der Waals surface area contributed by atoms with Crippen LogP contribution in [0.1, 0.15) is 50.0 Å². The molecule has 0 spiro atoms. The van der Waals surface area contributed by atoms with Crippen LogP contribution in [0.15, 0.2) is 88.7 Å². The van der Waals surface area contributed by atoms with Gasteiger partial charge in [-0.05, 0) is 80.1 Å². The van der Waals surface area contributed by atoms with Crippen LogP contribution < -0.4 is 0 Å². The summed E-state index contributed by atoms with van der Waals surface area (Å²) in [5, 5.41) is 0.299. The summed E-state index contributed by atoms with van der Waals surface area (Å²) in [4.78, 5) is 16.0.